The highest BCUT2D eigenvalue weighted by Crippen LogP contribution is 2.21. The highest BCUT2D eigenvalue weighted by atomic mass is 32.2. The fraction of sp³-hybridized carbons (Fsp3) is 0.562. The van der Waals surface area contributed by atoms with E-state index in [1.807, 2.05) is 13.0 Å². The monoisotopic (exact) mass is 339 g/mol. The van der Waals surface area contributed by atoms with E-state index in [2.05, 4.69) is 5.32 Å². The zero-order valence-corrected chi connectivity index (χ0v) is 14.8. The summed E-state index contributed by atoms with van der Waals surface area (Å²) in [6, 6.07) is 5.25. The Kier molecular flexibility index (Phi) is 5.78. The van der Waals surface area contributed by atoms with Crippen LogP contribution in [0.3, 0.4) is 0 Å². The van der Waals surface area contributed by atoms with E-state index in [1.165, 1.54) is 4.31 Å². The number of carbonyl (C=O) groups excluding carboxylic acids is 1. The van der Waals surface area contributed by atoms with Crippen molar-refractivity contribution in [1.82, 2.24) is 14.5 Å². The summed E-state index contributed by atoms with van der Waals surface area (Å²) in [7, 11) is -3.66. The largest absolute Gasteiger partial charge is 0.339 e. The van der Waals surface area contributed by atoms with Gasteiger partial charge >= 0.3 is 0 Å². The molecular weight excluding hydrogens is 314 g/mol. The van der Waals surface area contributed by atoms with Crippen LogP contribution in [0.15, 0.2) is 23.1 Å². The molecule has 23 heavy (non-hydrogen) atoms. The molecule has 1 aromatic carbocycles. The Morgan fingerprint density at radius 2 is 1.91 bits per heavy atom. The second kappa shape index (κ2) is 7.42. The Morgan fingerprint density at radius 3 is 2.48 bits per heavy atom. The highest BCUT2D eigenvalue weighted by Gasteiger charge is 2.28. The van der Waals surface area contributed by atoms with Crippen molar-refractivity contribution in [2.45, 2.75) is 25.7 Å². The Hall–Kier alpha value is -1.44. The Morgan fingerprint density at radius 1 is 1.26 bits per heavy atom. The maximum atomic E-state index is 12.9. The summed E-state index contributed by atoms with van der Waals surface area (Å²) in [5.74, 6) is -0.137. The molecule has 2 rings (SSSR count). The number of aryl methyl sites for hydroxylation is 2. The van der Waals surface area contributed by atoms with Crippen LogP contribution in [0.25, 0.3) is 0 Å². The van der Waals surface area contributed by atoms with Crippen molar-refractivity contribution in [2.75, 3.05) is 39.3 Å². The van der Waals surface area contributed by atoms with Crippen LogP contribution in [0.4, 0.5) is 0 Å². The van der Waals surface area contributed by atoms with E-state index in [9.17, 15) is 13.2 Å². The van der Waals surface area contributed by atoms with Gasteiger partial charge < -0.3 is 10.2 Å². The van der Waals surface area contributed by atoms with Crippen molar-refractivity contribution >= 4 is 15.9 Å². The molecule has 1 amide bonds. The minimum absolute atomic E-state index is 0.105. The smallest absolute Gasteiger partial charge is 0.243 e. The lowest BCUT2D eigenvalue weighted by molar-refractivity contribution is -0.131. The lowest BCUT2D eigenvalue weighted by Crippen LogP contribution is -2.50. The van der Waals surface area contributed by atoms with Crippen LogP contribution in [-0.2, 0) is 14.8 Å². The quantitative estimate of drug-likeness (QED) is 0.859. The van der Waals surface area contributed by atoms with Crippen molar-refractivity contribution in [1.29, 1.82) is 0 Å². The van der Waals surface area contributed by atoms with Gasteiger partial charge in [-0.2, -0.15) is 4.31 Å². The standard InChI is InChI=1S/C16H25N3O3S/c1-4-19(12-16(20)18-9-7-17-8-10-18)23(21,22)15-6-5-13(2)11-14(15)3/h5-6,11,17H,4,7-10,12H2,1-3H3. The van der Waals surface area contributed by atoms with Gasteiger partial charge in [-0.3, -0.25) is 4.79 Å². The van der Waals surface area contributed by atoms with Gasteiger partial charge in [-0.05, 0) is 25.5 Å². The van der Waals surface area contributed by atoms with Crippen molar-refractivity contribution < 1.29 is 13.2 Å². The number of hydrogen-bond acceptors (Lipinski definition) is 4. The van der Waals surface area contributed by atoms with E-state index in [1.54, 1.807) is 30.9 Å². The number of piperazine rings is 1. The SMILES string of the molecule is CCN(CC(=O)N1CCNCC1)S(=O)(=O)c1ccc(C)cc1C. The van der Waals surface area contributed by atoms with Gasteiger partial charge in [0, 0.05) is 32.7 Å². The van der Waals surface area contributed by atoms with E-state index >= 15 is 0 Å². The number of nitrogens with one attached hydrogen (secondary N) is 1. The third kappa shape index (κ3) is 4.10. The third-order valence-corrected chi connectivity index (χ3v) is 6.16. The van der Waals surface area contributed by atoms with Crippen LogP contribution in [0.5, 0.6) is 0 Å². The normalized spacial score (nSPS) is 15.9. The number of likely N-dealkylation sites (N-methyl/N-ethyl adjacent to an activating group) is 1. The summed E-state index contributed by atoms with van der Waals surface area (Å²) in [5, 5.41) is 3.18. The fourth-order valence-electron chi connectivity index (χ4n) is 2.76. The summed E-state index contributed by atoms with van der Waals surface area (Å²) < 4.78 is 27.0. The maximum Gasteiger partial charge on any atom is 0.243 e. The molecule has 0 atom stereocenters. The first-order valence-corrected chi connectivity index (χ1v) is 9.36. The predicted octanol–water partition coefficient (Wildman–Crippen LogP) is 0.746. The molecule has 1 heterocycles. The van der Waals surface area contributed by atoms with Gasteiger partial charge in [0.15, 0.2) is 0 Å². The predicted molar refractivity (Wildman–Crippen MR) is 89.8 cm³/mol. The fourth-order valence-corrected chi connectivity index (χ4v) is 4.36. The molecule has 1 aliphatic rings. The van der Waals surface area contributed by atoms with Crippen LogP contribution in [0, 0.1) is 13.8 Å². The molecule has 1 saturated heterocycles. The average molecular weight is 339 g/mol. The molecule has 1 aromatic rings. The molecule has 0 bridgehead atoms. The minimum Gasteiger partial charge on any atom is -0.339 e. The van der Waals surface area contributed by atoms with Crippen LogP contribution in [-0.4, -0.2) is 62.8 Å². The zero-order valence-electron chi connectivity index (χ0n) is 14.0. The number of rotatable bonds is 5. The summed E-state index contributed by atoms with van der Waals surface area (Å²) in [4.78, 5) is 14.4. The molecule has 128 valence electrons. The van der Waals surface area contributed by atoms with Crippen molar-refractivity contribution in [2.24, 2.45) is 0 Å². The summed E-state index contributed by atoms with van der Waals surface area (Å²) >= 11 is 0. The summed E-state index contributed by atoms with van der Waals surface area (Å²) in [6.07, 6.45) is 0. The van der Waals surface area contributed by atoms with E-state index in [-0.39, 0.29) is 23.9 Å². The second-order valence-corrected chi connectivity index (χ2v) is 7.74. The summed E-state index contributed by atoms with van der Waals surface area (Å²) in [6.45, 7) is 8.38. The van der Waals surface area contributed by atoms with Crippen LogP contribution >= 0.6 is 0 Å². The molecule has 0 saturated carbocycles. The lowest BCUT2D eigenvalue weighted by atomic mass is 10.2. The van der Waals surface area contributed by atoms with Crippen LogP contribution < -0.4 is 5.32 Å². The first kappa shape index (κ1) is 17.9. The number of carbonyl (C=O) groups is 1. The molecule has 0 aromatic heterocycles. The summed E-state index contributed by atoms with van der Waals surface area (Å²) in [5.41, 5.74) is 1.72. The van der Waals surface area contributed by atoms with Crippen molar-refractivity contribution in [3.8, 4) is 0 Å². The van der Waals surface area contributed by atoms with Gasteiger partial charge in [-0.15, -0.1) is 0 Å². The molecular formula is C16H25N3O3S. The zero-order chi connectivity index (χ0) is 17.0. The van der Waals surface area contributed by atoms with Crippen molar-refractivity contribution in [3.63, 3.8) is 0 Å². The Balaban J connectivity index is 2.19. The Bertz CT molecular complexity index is 667. The third-order valence-electron chi connectivity index (χ3n) is 4.08. The van der Waals surface area contributed by atoms with E-state index in [4.69, 9.17) is 0 Å². The lowest BCUT2D eigenvalue weighted by Gasteiger charge is -2.30. The van der Waals surface area contributed by atoms with E-state index in [0.29, 0.717) is 18.7 Å². The average Bonchev–Trinajstić information content (AvgIpc) is 2.52. The Labute approximate surface area is 138 Å². The number of sulfonamides is 1. The van der Waals surface area contributed by atoms with Gasteiger partial charge in [-0.25, -0.2) is 8.42 Å². The van der Waals surface area contributed by atoms with Gasteiger partial charge in [0.05, 0.1) is 11.4 Å². The van der Waals surface area contributed by atoms with E-state index in [0.717, 1.165) is 18.7 Å². The molecule has 1 fully saturated rings. The highest BCUT2D eigenvalue weighted by molar-refractivity contribution is 7.89. The molecule has 0 radical (unpaired) electrons. The second-order valence-electron chi connectivity index (χ2n) is 5.83. The topological polar surface area (TPSA) is 69.7 Å². The minimum atomic E-state index is -3.66. The van der Waals surface area contributed by atoms with Gasteiger partial charge in [0.25, 0.3) is 0 Å². The molecule has 1 aliphatic heterocycles. The van der Waals surface area contributed by atoms with Crippen LogP contribution in [0.2, 0.25) is 0 Å². The van der Waals surface area contributed by atoms with Crippen LogP contribution in [0.1, 0.15) is 18.1 Å². The van der Waals surface area contributed by atoms with E-state index < -0.39 is 10.0 Å². The number of nitrogens with zero attached hydrogens (tertiary/aromatic N) is 2. The van der Waals surface area contributed by atoms with Gasteiger partial charge in [-0.1, -0.05) is 24.6 Å². The molecule has 6 nitrogen and oxygen atoms in total. The number of amides is 1. The van der Waals surface area contributed by atoms with Gasteiger partial charge in [0.1, 0.15) is 0 Å². The molecule has 0 spiro atoms. The first-order chi connectivity index (χ1) is 10.9. The molecule has 7 heteroatoms. The van der Waals surface area contributed by atoms with Crippen molar-refractivity contribution in [3.05, 3.63) is 29.3 Å². The molecule has 0 unspecified atom stereocenters. The number of benzene rings is 1. The molecule has 1 N–H and O–H groups in total. The van der Waals surface area contributed by atoms with Gasteiger partial charge in [0.2, 0.25) is 15.9 Å². The first-order valence-electron chi connectivity index (χ1n) is 7.92. The maximum absolute atomic E-state index is 12.9. The molecule has 0 aliphatic carbocycles. The number of hydrogen-bond donors (Lipinski definition) is 1.